The minimum Gasteiger partial charge on any atom is -0.294 e. The van der Waals surface area contributed by atoms with E-state index in [9.17, 15) is 13.2 Å². The highest BCUT2D eigenvalue weighted by Gasteiger charge is 2.15. The Labute approximate surface area is 124 Å². The van der Waals surface area contributed by atoms with Crippen molar-refractivity contribution in [3.05, 3.63) is 42.5 Å². The molecule has 0 saturated heterocycles. The summed E-state index contributed by atoms with van der Waals surface area (Å²) >= 11 is 1.60. The number of Topliss-reactive ketones (excluding diaryl/α,β-unsaturated/α-hetero) is 1. The zero-order chi connectivity index (χ0) is 15.0. The van der Waals surface area contributed by atoms with Crippen molar-refractivity contribution in [2.24, 2.45) is 0 Å². The minimum absolute atomic E-state index is 0.0661. The van der Waals surface area contributed by atoms with Gasteiger partial charge in [-0.1, -0.05) is 25.1 Å². The van der Waals surface area contributed by atoms with Gasteiger partial charge in [0, 0.05) is 30.0 Å². The number of benzene rings is 1. The molecule has 0 unspecified atom stereocenters. The van der Waals surface area contributed by atoms with E-state index in [1.54, 1.807) is 36.9 Å². The van der Waals surface area contributed by atoms with Crippen LogP contribution in [0.4, 0.5) is 0 Å². The first-order valence-corrected chi connectivity index (χ1v) is 8.96. The van der Waals surface area contributed by atoms with Crippen molar-refractivity contribution in [2.75, 3.05) is 18.1 Å². The molecule has 0 fully saturated rings. The van der Waals surface area contributed by atoms with Crippen LogP contribution in [0, 0.1) is 0 Å². The fourth-order valence-electron chi connectivity index (χ4n) is 1.54. The van der Waals surface area contributed by atoms with Crippen LogP contribution in [0.25, 0.3) is 0 Å². The molecule has 0 amide bonds. The van der Waals surface area contributed by atoms with E-state index in [1.165, 1.54) is 12.1 Å². The van der Waals surface area contributed by atoms with Crippen molar-refractivity contribution in [3.8, 4) is 0 Å². The van der Waals surface area contributed by atoms with Gasteiger partial charge in [-0.3, -0.25) is 4.79 Å². The Kier molecular flexibility index (Phi) is 6.98. The first kappa shape index (κ1) is 16.9. The second-order valence-corrected chi connectivity index (χ2v) is 6.98. The molecule has 0 saturated carbocycles. The standard InChI is InChI=1S/C14H19NO3S2/c1-3-9-19-10-8-15-20(17,18)13-7-5-6-12(11-13)14(16)4-2/h3,5-7,11,15H,1,4,8-10H2,2H3. The molecule has 1 aromatic carbocycles. The summed E-state index contributed by atoms with van der Waals surface area (Å²) < 4.78 is 26.7. The fourth-order valence-corrected chi connectivity index (χ4v) is 3.33. The van der Waals surface area contributed by atoms with Crippen LogP contribution in [0.5, 0.6) is 0 Å². The normalized spacial score (nSPS) is 11.2. The molecule has 4 nitrogen and oxygen atoms in total. The highest BCUT2D eigenvalue weighted by Crippen LogP contribution is 2.13. The van der Waals surface area contributed by atoms with Gasteiger partial charge in [-0.25, -0.2) is 13.1 Å². The second kappa shape index (κ2) is 8.24. The molecule has 110 valence electrons. The topological polar surface area (TPSA) is 63.2 Å². The Balaban J connectivity index is 2.72. The van der Waals surface area contributed by atoms with Gasteiger partial charge in [-0.2, -0.15) is 11.8 Å². The number of carbonyl (C=O) groups is 1. The molecule has 0 atom stereocenters. The smallest absolute Gasteiger partial charge is 0.240 e. The van der Waals surface area contributed by atoms with Crippen molar-refractivity contribution in [1.82, 2.24) is 4.72 Å². The van der Waals surface area contributed by atoms with E-state index < -0.39 is 10.0 Å². The molecule has 0 aliphatic carbocycles. The largest absolute Gasteiger partial charge is 0.294 e. The zero-order valence-corrected chi connectivity index (χ0v) is 13.1. The Hall–Kier alpha value is -1.11. The van der Waals surface area contributed by atoms with Gasteiger partial charge in [0.15, 0.2) is 5.78 Å². The quantitative estimate of drug-likeness (QED) is 0.432. The number of nitrogens with one attached hydrogen (secondary N) is 1. The number of rotatable bonds is 9. The number of carbonyl (C=O) groups excluding carboxylic acids is 1. The van der Waals surface area contributed by atoms with Crippen LogP contribution >= 0.6 is 11.8 Å². The van der Waals surface area contributed by atoms with Crippen LogP contribution in [0.1, 0.15) is 23.7 Å². The SMILES string of the molecule is C=CCSCCNS(=O)(=O)c1cccc(C(=O)CC)c1. The van der Waals surface area contributed by atoms with E-state index in [0.717, 1.165) is 5.75 Å². The van der Waals surface area contributed by atoms with Gasteiger partial charge in [0.1, 0.15) is 0 Å². The number of hydrogen-bond donors (Lipinski definition) is 1. The van der Waals surface area contributed by atoms with Gasteiger partial charge in [0.2, 0.25) is 10.0 Å². The van der Waals surface area contributed by atoms with Crippen molar-refractivity contribution in [1.29, 1.82) is 0 Å². The van der Waals surface area contributed by atoms with Crippen LogP contribution in [-0.2, 0) is 10.0 Å². The lowest BCUT2D eigenvalue weighted by molar-refractivity contribution is 0.0988. The number of hydrogen-bond acceptors (Lipinski definition) is 4. The van der Waals surface area contributed by atoms with Gasteiger partial charge >= 0.3 is 0 Å². The zero-order valence-electron chi connectivity index (χ0n) is 11.5. The minimum atomic E-state index is -3.55. The molecule has 0 radical (unpaired) electrons. The van der Waals surface area contributed by atoms with Crippen molar-refractivity contribution >= 4 is 27.6 Å². The third-order valence-corrected chi connectivity index (χ3v) is 4.98. The van der Waals surface area contributed by atoms with Crippen LogP contribution in [0.15, 0.2) is 41.8 Å². The summed E-state index contributed by atoms with van der Waals surface area (Å²) in [5.41, 5.74) is 0.427. The Morgan fingerprint density at radius 3 is 2.85 bits per heavy atom. The molecule has 6 heteroatoms. The monoisotopic (exact) mass is 313 g/mol. The summed E-state index contributed by atoms with van der Waals surface area (Å²) in [4.78, 5) is 11.7. The van der Waals surface area contributed by atoms with Crippen LogP contribution in [0.2, 0.25) is 0 Å². The molecule has 0 aliphatic heterocycles. The van der Waals surface area contributed by atoms with E-state index in [4.69, 9.17) is 0 Å². The maximum absolute atomic E-state index is 12.1. The molecule has 0 aromatic heterocycles. The van der Waals surface area contributed by atoms with Crippen LogP contribution in [-0.4, -0.2) is 32.3 Å². The van der Waals surface area contributed by atoms with Gasteiger partial charge in [0.05, 0.1) is 4.90 Å². The van der Waals surface area contributed by atoms with E-state index >= 15 is 0 Å². The first-order chi connectivity index (χ1) is 9.51. The highest BCUT2D eigenvalue weighted by atomic mass is 32.2. The average molecular weight is 313 g/mol. The van der Waals surface area contributed by atoms with Crippen molar-refractivity contribution < 1.29 is 13.2 Å². The molecular weight excluding hydrogens is 294 g/mol. The third-order valence-electron chi connectivity index (χ3n) is 2.56. The summed E-state index contributed by atoms with van der Waals surface area (Å²) in [5.74, 6) is 1.41. The van der Waals surface area contributed by atoms with Gasteiger partial charge in [-0.15, -0.1) is 6.58 Å². The molecule has 0 aliphatic rings. The molecular formula is C14H19NO3S2. The van der Waals surface area contributed by atoms with Gasteiger partial charge < -0.3 is 0 Å². The highest BCUT2D eigenvalue weighted by molar-refractivity contribution is 7.99. The second-order valence-electron chi connectivity index (χ2n) is 4.07. The van der Waals surface area contributed by atoms with E-state index in [0.29, 0.717) is 24.3 Å². The Morgan fingerprint density at radius 2 is 2.20 bits per heavy atom. The van der Waals surface area contributed by atoms with E-state index in [2.05, 4.69) is 11.3 Å². The third kappa shape index (κ3) is 5.11. The average Bonchev–Trinajstić information content (AvgIpc) is 2.46. The molecule has 1 N–H and O–H groups in total. The predicted octanol–water partition coefficient (Wildman–Crippen LogP) is 2.48. The lowest BCUT2D eigenvalue weighted by atomic mass is 10.1. The van der Waals surface area contributed by atoms with Crippen LogP contribution < -0.4 is 4.72 Å². The lowest BCUT2D eigenvalue weighted by Crippen LogP contribution is -2.26. The molecule has 1 rings (SSSR count). The Bertz CT molecular complexity index is 568. The maximum Gasteiger partial charge on any atom is 0.240 e. The molecule has 0 spiro atoms. The fraction of sp³-hybridized carbons (Fsp3) is 0.357. The van der Waals surface area contributed by atoms with Crippen molar-refractivity contribution in [2.45, 2.75) is 18.2 Å². The lowest BCUT2D eigenvalue weighted by Gasteiger charge is -2.07. The predicted molar refractivity (Wildman–Crippen MR) is 83.8 cm³/mol. The van der Waals surface area contributed by atoms with Crippen LogP contribution in [0.3, 0.4) is 0 Å². The van der Waals surface area contributed by atoms with Gasteiger partial charge in [-0.05, 0) is 12.1 Å². The maximum atomic E-state index is 12.1. The summed E-state index contributed by atoms with van der Waals surface area (Å²) in [5, 5.41) is 0. The summed E-state index contributed by atoms with van der Waals surface area (Å²) in [6.07, 6.45) is 2.13. The van der Waals surface area contributed by atoms with Gasteiger partial charge in [0.25, 0.3) is 0 Å². The summed E-state index contributed by atoms with van der Waals surface area (Å²) in [7, 11) is -3.55. The number of thioether (sulfide) groups is 1. The Morgan fingerprint density at radius 1 is 1.45 bits per heavy atom. The summed E-state index contributed by atoms with van der Waals surface area (Å²) in [6, 6.07) is 6.13. The van der Waals surface area contributed by atoms with E-state index in [-0.39, 0.29) is 10.7 Å². The molecule has 20 heavy (non-hydrogen) atoms. The number of sulfonamides is 1. The summed E-state index contributed by atoms with van der Waals surface area (Å²) in [6.45, 7) is 5.70. The molecule has 0 heterocycles. The van der Waals surface area contributed by atoms with E-state index in [1.807, 2.05) is 0 Å². The molecule has 1 aromatic rings. The van der Waals surface area contributed by atoms with Crippen molar-refractivity contribution in [3.63, 3.8) is 0 Å². The number of ketones is 1. The molecule has 0 bridgehead atoms. The first-order valence-electron chi connectivity index (χ1n) is 6.33.